The molecule has 0 unspecified atom stereocenters. The number of H-pyrrole nitrogens is 1. The van der Waals surface area contributed by atoms with E-state index in [4.69, 9.17) is 5.26 Å². The summed E-state index contributed by atoms with van der Waals surface area (Å²) in [4.78, 5) is 10.9. The first-order chi connectivity index (χ1) is 5.88. The van der Waals surface area contributed by atoms with E-state index in [1.165, 1.54) is 13.0 Å². The Labute approximate surface area is 70.2 Å². The molecule has 70 valence electrons. The van der Waals surface area contributed by atoms with Crippen LogP contribution in [0.1, 0.15) is 11.3 Å². The number of halogens is 3. The normalized spacial score (nSPS) is 11.3. The first-order valence-corrected chi connectivity index (χ1v) is 3.17. The number of nitriles is 1. The predicted molar refractivity (Wildman–Crippen MR) is 35.8 cm³/mol. The topological polar surface area (TPSA) is 61.6 Å². The van der Waals surface area contributed by atoms with Crippen molar-refractivity contribution in [3.05, 3.63) is 21.6 Å². The summed E-state index contributed by atoms with van der Waals surface area (Å²) in [6.07, 6.45) is -4.81. The van der Waals surface area contributed by atoms with Gasteiger partial charge in [0.2, 0.25) is 0 Å². The molecule has 0 aromatic carbocycles. The zero-order valence-electron chi connectivity index (χ0n) is 6.44. The van der Waals surface area contributed by atoms with Crippen LogP contribution in [-0.4, -0.2) is 9.78 Å². The van der Waals surface area contributed by atoms with Crippen molar-refractivity contribution in [2.75, 3.05) is 0 Å². The minimum atomic E-state index is -4.81. The Balaban J connectivity index is 3.47. The van der Waals surface area contributed by atoms with Crippen LogP contribution in [0.15, 0.2) is 4.79 Å². The van der Waals surface area contributed by atoms with Crippen LogP contribution in [0.25, 0.3) is 0 Å². The third-order valence-corrected chi connectivity index (χ3v) is 1.44. The maximum absolute atomic E-state index is 12.0. The largest absolute Gasteiger partial charge is 0.506 e. The van der Waals surface area contributed by atoms with Crippen LogP contribution >= 0.6 is 0 Å². The Morgan fingerprint density at radius 2 is 2.08 bits per heavy atom. The standard InChI is InChI=1S/C6H4F3N3O/c1-3-4(2-10)5(13)12(11-3)6(7,8)9/h11H,1H3. The zero-order chi connectivity index (χ0) is 10.2. The lowest BCUT2D eigenvalue weighted by Crippen LogP contribution is -2.29. The van der Waals surface area contributed by atoms with Gasteiger partial charge in [-0.2, -0.15) is 9.94 Å². The van der Waals surface area contributed by atoms with Crippen LogP contribution in [0.4, 0.5) is 13.2 Å². The summed E-state index contributed by atoms with van der Waals surface area (Å²) in [5, 5.41) is 10.1. The van der Waals surface area contributed by atoms with Crippen LogP contribution in [0.5, 0.6) is 0 Å². The van der Waals surface area contributed by atoms with Crippen molar-refractivity contribution in [3.8, 4) is 6.07 Å². The minimum absolute atomic E-state index is 0.0928. The van der Waals surface area contributed by atoms with Gasteiger partial charge in [-0.15, -0.1) is 13.2 Å². The average Bonchev–Trinajstić information content (AvgIpc) is 2.25. The molecule has 0 fully saturated rings. The maximum Gasteiger partial charge on any atom is 0.506 e. The SMILES string of the molecule is Cc1[nH]n(C(F)(F)F)c(=O)c1C#N. The number of alkyl halides is 3. The fraction of sp³-hybridized carbons (Fsp3) is 0.333. The van der Waals surface area contributed by atoms with E-state index in [0.717, 1.165) is 0 Å². The molecular weight excluding hydrogens is 187 g/mol. The Kier molecular flexibility index (Phi) is 1.92. The monoisotopic (exact) mass is 191 g/mol. The molecule has 7 heteroatoms. The predicted octanol–water partition coefficient (Wildman–Crippen LogP) is 0.833. The summed E-state index contributed by atoms with van der Waals surface area (Å²) in [5.41, 5.74) is -1.98. The van der Waals surface area contributed by atoms with Crippen molar-refractivity contribution >= 4 is 0 Å². The van der Waals surface area contributed by atoms with E-state index in [2.05, 4.69) is 0 Å². The van der Waals surface area contributed by atoms with Gasteiger partial charge in [0, 0.05) is 0 Å². The summed E-state index contributed by atoms with van der Waals surface area (Å²) in [6, 6.07) is 1.39. The summed E-state index contributed by atoms with van der Waals surface area (Å²) < 4.78 is 35.5. The van der Waals surface area contributed by atoms with Crippen LogP contribution in [-0.2, 0) is 6.30 Å². The van der Waals surface area contributed by atoms with Gasteiger partial charge in [0.1, 0.15) is 11.6 Å². The van der Waals surface area contributed by atoms with Gasteiger partial charge >= 0.3 is 6.30 Å². The average molecular weight is 191 g/mol. The summed E-state index contributed by atoms with van der Waals surface area (Å²) >= 11 is 0. The van der Waals surface area contributed by atoms with E-state index < -0.39 is 22.1 Å². The molecule has 0 radical (unpaired) electrons. The molecule has 1 heterocycles. The van der Waals surface area contributed by atoms with Gasteiger partial charge in [-0.25, -0.2) is 0 Å². The van der Waals surface area contributed by atoms with Crippen LogP contribution in [0.3, 0.4) is 0 Å². The summed E-state index contributed by atoms with van der Waals surface area (Å²) in [5.74, 6) is 0. The van der Waals surface area contributed by atoms with Crippen LogP contribution in [0.2, 0.25) is 0 Å². The number of rotatable bonds is 0. The number of hydrogen-bond acceptors (Lipinski definition) is 2. The third kappa shape index (κ3) is 1.42. The molecule has 0 aliphatic rings. The highest BCUT2D eigenvalue weighted by molar-refractivity contribution is 5.29. The zero-order valence-corrected chi connectivity index (χ0v) is 6.44. The van der Waals surface area contributed by atoms with Crippen LogP contribution < -0.4 is 5.56 Å². The van der Waals surface area contributed by atoms with E-state index in [1.807, 2.05) is 0 Å². The van der Waals surface area contributed by atoms with E-state index in [9.17, 15) is 18.0 Å². The van der Waals surface area contributed by atoms with E-state index in [-0.39, 0.29) is 5.69 Å². The van der Waals surface area contributed by atoms with Crippen molar-refractivity contribution < 1.29 is 13.2 Å². The molecule has 1 N–H and O–H groups in total. The van der Waals surface area contributed by atoms with E-state index in [1.54, 1.807) is 5.10 Å². The van der Waals surface area contributed by atoms with Crippen molar-refractivity contribution in [2.45, 2.75) is 13.2 Å². The minimum Gasteiger partial charge on any atom is -0.291 e. The van der Waals surface area contributed by atoms with Crippen molar-refractivity contribution in [3.63, 3.8) is 0 Å². The molecule has 0 bridgehead atoms. The molecule has 1 aromatic heterocycles. The van der Waals surface area contributed by atoms with E-state index >= 15 is 0 Å². The molecule has 0 saturated carbocycles. The highest BCUT2D eigenvalue weighted by atomic mass is 19.4. The van der Waals surface area contributed by atoms with E-state index in [0.29, 0.717) is 0 Å². The van der Waals surface area contributed by atoms with Gasteiger partial charge in [0.15, 0.2) is 0 Å². The van der Waals surface area contributed by atoms with Crippen molar-refractivity contribution in [1.82, 2.24) is 9.78 Å². The highest BCUT2D eigenvalue weighted by Crippen LogP contribution is 2.19. The molecule has 0 atom stereocenters. The van der Waals surface area contributed by atoms with Gasteiger partial charge < -0.3 is 0 Å². The number of nitrogens with one attached hydrogen (secondary N) is 1. The maximum atomic E-state index is 12.0. The molecule has 1 aromatic rings. The second-order valence-electron chi connectivity index (χ2n) is 2.33. The third-order valence-electron chi connectivity index (χ3n) is 1.44. The van der Waals surface area contributed by atoms with Gasteiger partial charge in [0.25, 0.3) is 5.56 Å². The number of hydrogen-bond donors (Lipinski definition) is 1. The summed E-state index contributed by atoms with van der Waals surface area (Å²) in [6.45, 7) is 1.22. The molecule has 0 saturated heterocycles. The lowest BCUT2D eigenvalue weighted by Gasteiger charge is -2.04. The fourth-order valence-electron chi connectivity index (χ4n) is 0.857. The number of aromatic nitrogens is 2. The fourth-order valence-corrected chi connectivity index (χ4v) is 0.857. The molecular formula is C6H4F3N3O. The Morgan fingerprint density at radius 1 is 1.54 bits per heavy atom. The smallest absolute Gasteiger partial charge is 0.291 e. The Morgan fingerprint density at radius 3 is 2.31 bits per heavy atom. The van der Waals surface area contributed by atoms with Crippen LogP contribution in [0, 0.1) is 18.3 Å². The quantitative estimate of drug-likeness (QED) is 0.660. The molecule has 0 spiro atoms. The molecule has 1 rings (SSSR count). The van der Waals surface area contributed by atoms with Gasteiger partial charge in [0.05, 0.1) is 5.69 Å². The molecule has 0 aliphatic carbocycles. The molecule has 4 nitrogen and oxygen atoms in total. The molecule has 0 amide bonds. The first-order valence-electron chi connectivity index (χ1n) is 3.17. The molecule has 13 heavy (non-hydrogen) atoms. The lowest BCUT2D eigenvalue weighted by atomic mass is 10.3. The lowest BCUT2D eigenvalue weighted by molar-refractivity contribution is -0.214. The van der Waals surface area contributed by atoms with Crippen molar-refractivity contribution in [1.29, 1.82) is 5.26 Å². The summed E-state index contributed by atoms with van der Waals surface area (Å²) in [7, 11) is 0. The van der Waals surface area contributed by atoms with Crippen molar-refractivity contribution in [2.24, 2.45) is 0 Å². The first kappa shape index (κ1) is 9.38. The second-order valence-corrected chi connectivity index (χ2v) is 2.33. The Hall–Kier alpha value is -1.71. The van der Waals surface area contributed by atoms with Gasteiger partial charge in [-0.1, -0.05) is 0 Å². The number of nitrogens with zero attached hydrogens (tertiary/aromatic N) is 2. The number of aryl methyl sites for hydroxylation is 1. The second kappa shape index (κ2) is 2.65. The molecule has 0 aliphatic heterocycles. The van der Waals surface area contributed by atoms with Gasteiger partial charge in [-0.05, 0) is 6.92 Å². The Bertz CT molecular complexity index is 420. The highest BCUT2D eigenvalue weighted by Gasteiger charge is 2.34. The number of aromatic amines is 1. The van der Waals surface area contributed by atoms with Gasteiger partial charge in [-0.3, -0.25) is 9.89 Å².